The highest BCUT2D eigenvalue weighted by atomic mass is 35.5. The number of anilines is 1. The number of esters is 1. The molecule has 2 aromatic carbocycles. The number of halogens is 1. The van der Waals surface area contributed by atoms with E-state index in [-0.39, 0.29) is 6.04 Å². The van der Waals surface area contributed by atoms with Crippen molar-refractivity contribution in [2.24, 2.45) is 0 Å². The molecule has 2 rings (SSSR count). The van der Waals surface area contributed by atoms with Crippen molar-refractivity contribution in [1.29, 1.82) is 0 Å². The molecule has 0 aliphatic carbocycles. The van der Waals surface area contributed by atoms with Gasteiger partial charge in [-0.2, -0.15) is 0 Å². The van der Waals surface area contributed by atoms with Crippen LogP contribution in [0.15, 0.2) is 42.5 Å². The van der Waals surface area contributed by atoms with Crippen molar-refractivity contribution >= 4 is 40.6 Å². The second kappa shape index (κ2) is 8.13. The summed E-state index contributed by atoms with van der Waals surface area (Å²) in [5, 5.41) is 7.06. The van der Waals surface area contributed by atoms with Crippen LogP contribution in [0.25, 0.3) is 0 Å². The summed E-state index contributed by atoms with van der Waals surface area (Å²) >= 11 is 11.3. The lowest BCUT2D eigenvalue weighted by Crippen LogP contribution is -2.30. The zero-order valence-corrected chi connectivity index (χ0v) is 15.3. The van der Waals surface area contributed by atoms with Gasteiger partial charge in [-0.1, -0.05) is 41.4 Å². The zero-order valence-electron chi connectivity index (χ0n) is 13.7. The molecule has 0 saturated heterocycles. The monoisotopic (exact) mass is 362 g/mol. The third kappa shape index (κ3) is 4.69. The number of thiocarbonyl (C=S) groups is 1. The minimum absolute atomic E-state index is 0.0537. The van der Waals surface area contributed by atoms with E-state index in [0.29, 0.717) is 21.4 Å². The van der Waals surface area contributed by atoms with E-state index in [1.807, 2.05) is 13.8 Å². The van der Waals surface area contributed by atoms with Crippen LogP contribution in [-0.2, 0) is 4.74 Å². The molecule has 6 heteroatoms. The van der Waals surface area contributed by atoms with Gasteiger partial charge in [0.25, 0.3) is 0 Å². The van der Waals surface area contributed by atoms with Crippen LogP contribution in [0.4, 0.5) is 5.69 Å². The van der Waals surface area contributed by atoms with Crippen molar-refractivity contribution in [3.8, 4) is 0 Å². The van der Waals surface area contributed by atoms with Crippen LogP contribution in [0.1, 0.15) is 34.5 Å². The van der Waals surface area contributed by atoms with Gasteiger partial charge >= 0.3 is 5.97 Å². The lowest BCUT2D eigenvalue weighted by atomic mass is 10.1. The van der Waals surface area contributed by atoms with Gasteiger partial charge in [-0.25, -0.2) is 4.79 Å². The molecule has 0 bridgehead atoms. The number of hydrogen-bond acceptors (Lipinski definition) is 3. The van der Waals surface area contributed by atoms with Crippen molar-refractivity contribution in [3.63, 3.8) is 0 Å². The van der Waals surface area contributed by atoms with Crippen LogP contribution >= 0.6 is 23.8 Å². The third-order valence-corrected chi connectivity index (χ3v) is 4.10. The fourth-order valence-corrected chi connectivity index (χ4v) is 2.66. The highest BCUT2D eigenvalue weighted by molar-refractivity contribution is 7.80. The van der Waals surface area contributed by atoms with E-state index in [4.69, 9.17) is 28.6 Å². The van der Waals surface area contributed by atoms with E-state index >= 15 is 0 Å². The average Bonchev–Trinajstić information content (AvgIpc) is 2.56. The van der Waals surface area contributed by atoms with Gasteiger partial charge in [-0.3, -0.25) is 0 Å². The topological polar surface area (TPSA) is 50.4 Å². The second-order valence-electron chi connectivity index (χ2n) is 5.42. The van der Waals surface area contributed by atoms with E-state index in [1.54, 1.807) is 18.2 Å². The molecule has 0 unspecified atom stereocenters. The van der Waals surface area contributed by atoms with Gasteiger partial charge in [0, 0.05) is 5.69 Å². The molecule has 0 radical (unpaired) electrons. The maximum absolute atomic E-state index is 11.7. The Morgan fingerprint density at radius 3 is 2.50 bits per heavy atom. The molecule has 126 valence electrons. The molecule has 2 N–H and O–H groups in total. The number of aryl methyl sites for hydroxylation is 1. The Morgan fingerprint density at radius 2 is 1.88 bits per heavy atom. The summed E-state index contributed by atoms with van der Waals surface area (Å²) < 4.78 is 4.71. The van der Waals surface area contributed by atoms with Gasteiger partial charge < -0.3 is 15.4 Å². The molecule has 0 spiro atoms. The first-order valence-electron chi connectivity index (χ1n) is 7.42. The average molecular weight is 363 g/mol. The lowest BCUT2D eigenvalue weighted by molar-refractivity contribution is 0.0601. The predicted molar refractivity (Wildman–Crippen MR) is 102 cm³/mol. The minimum Gasteiger partial charge on any atom is -0.465 e. The molecule has 2 aromatic rings. The number of hydrogen-bond donors (Lipinski definition) is 2. The summed E-state index contributed by atoms with van der Waals surface area (Å²) in [5.41, 5.74) is 3.30. The summed E-state index contributed by atoms with van der Waals surface area (Å²) in [7, 11) is 1.31. The summed E-state index contributed by atoms with van der Waals surface area (Å²) in [6.45, 7) is 4.08. The second-order valence-corrected chi connectivity index (χ2v) is 6.23. The highest BCUT2D eigenvalue weighted by Crippen LogP contribution is 2.21. The molecule has 0 aromatic heterocycles. The van der Waals surface area contributed by atoms with Crippen LogP contribution in [0.2, 0.25) is 5.02 Å². The molecule has 0 amide bonds. The van der Waals surface area contributed by atoms with Crippen molar-refractivity contribution < 1.29 is 9.53 Å². The number of benzene rings is 2. The zero-order chi connectivity index (χ0) is 17.7. The molecule has 0 heterocycles. The van der Waals surface area contributed by atoms with Crippen molar-refractivity contribution in [1.82, 2.24) is 5.32 Å². The number of ether oxygens (including phenoxy) is 1. The summed E-state index contributed by atoms with van der Waals surface area (Å²) in [6, 6.07) is 13.3. The van der Waals surface area contributed by atoms with Gasteiger partial charge in [-0.05, 0) is 49.8 Å². The molecule has 0 aliphatic rings. The molecule has 0 fully saturated rings. The SMILES string of the molecule is COC(=O)c1cc(NC(=S)N[C@@H](C)c2ccc(C)cc2)ccc1Cl. The summed E-state index contributed by atoms with van der Waals surface area (Å²) in [6.07, 6.45) is 0. The van der Waals surface area contributed by atoms with Crippen LogP contribution in [0.5, 0.6) is 0 Å². The van der Waals surface area contributed by atoms with E-state index in [1.165, 1.54) is 12.7 Å². The van der Waals surface area contributed by atoms with Crippen molar-refractivity contribution in [2.75, 3.05) is 12.4 Å². The molecular weight excluding hydrogens is 344 g/mol. The van der Waals surface area contributed by atoms with Crippen molar-refractivity contribution in [3.05, 3.63) is 64.2 Å². The van der Waals surface area contributed by atoms with Gasteiger partial charge in [0.1, 0.15) is 0 Å². The largest absolute Gasteiger partial charge is 0.465 e. The number of methoxy groups -OCH3 is 1. The van der Waals surface area contributed by atoms with Gasteiger partial charge in [-0.15, -0.1) is 0 Å². The van der Waals surface area contributed by atoms with E-state index in [0.717, 1.165) is 5.56 Å². The normalized spacial score (nSPS) is 11.5. The quantitative estimate of drug-likeness (QED) is 0.620. The Kier molecular flexibility index (Phi) is 6.17. The maximum atomic E-state index is 11.7. The van der Waals surface area contributed by atoms with E-state index in [9.17, 15) is 4.79 Å². The molecule has 1 atom stereocenters. The van der Waals surface area contributed by atoms with Crippen molar-refractivity contribution in [2.45, 2.75) is 19.9 Å². The molecule has 24 heavy (non-hydrogen) atoms. The molecule has 4 nitrogen and oxygen atoms in total. The lowest BCUT2D eigenvalue weighted by Gasteiger charge is -2.18. The van der Waals surface area contributed by atoms with E-state index in [2.05, 4.69) is 34.9 Å². The van der Waals surface area contributed by atoms with E-state index < -0.39 is 5.97 Å². The summed E-state index contributed by atoms with van der Waals surface area (Å²) in [4.78, 5) is 11.7. The molecule has 0 saturated carbocycles. The maximum Gasteiger partial charge on any atom is 0.339 e. The van der Waals surface area contributed by atoms with Crippen LogP contribution in [0, 0.1) is 6.92 Å². The van der Waals surface area contributed by atoms with Gasteiger partial charge in [0.15, 0.2) is 5.11 Å². The fourth-order valence-electron chi connectivity index (χ4n) is 2.17. The Bertz CT molecular complexity index is 747. The first-order chi connectivity index (χ1) is 11.4. The Labute approximate surface area is 152 Å². The number of nitrogens with one attached hydrogen (secondary N) is 2. The highest BCUT2D eigenvalue weighted by Gasteiger charge is 2.12. The Balaban J connectivity index is 2.04. The van der Waals surface area contributed by atoms with Gasteiger partial charge in [0.05, 0.1) is 23.7 Å². The molecule has 0 aliphatic heterocycles. The minimum atomic E-state index is -0.490. The van der Waals surface area contributed by atoms with Crippen LogP contribution < -0.4 is 10.6 Å². The first-order valence-corrected chi connectivity index (χ1v) is 8.21. The first kappa shape index (κ1) is 18.2. The smallest absolute Gasteiger partial charge is 0.339 e. The Hall–Kier alpha value is -2.11. The molecular formula is C18H19ClN2O2S. The number of carbonyl (C=O) groups is 1. The van der Waals surface area contributed by atoms with Gasteiger partial charge in [0.2, 0.25) is 0 Å². The van der Waals surface area contributed by atoms with Crippen LogP contribution in [-0.4, -0.2) is 18.2 Å². The van der Waals surface area contributed by atoms with Crippen LogP contribution in [0.3, 0.4) is 0 Å². The number of rotatable bonds is 4. The number of carbonyl (C=O) groups excluding carboxylic acids is 1. The third-order valence-electron chi connectivity index (χ3n) is 3.55. The fraction of sp³-hybridized carbons (Fsp3) is 0.222. The predicted octanol–water partition coefficient (Wildman–Crippen LogP) is 4.48. The summed E-state index contributed by atoms with van der Waals surface area (Å²) in [5.74, 6) is -0.490. The Morgan fingerprint density at radius 1 is 1.21 bits per heavy atom. The standard InChI is InChI=1S/C18H19ClN2O2S/c1-11-4-6-13(7-5-11)12(2)20-18(24)21-14-8-9-16(19)15(10-14)17(22)23-3/h4-10,12H,1-3H3,(H2,20,21,24)/t12-/m0/s1.